The highest BCUT2D eigenvalue weighted by molar-refractivity contribution is 6.34. The number of cyclic esters (lactones) is 1. The van der Waals surface area contributed by atoms with Crippen molar-refractivity contribution in [3.05, 3.63) is 110 Å². The van der Waals surface area contributed by atoms with E-state index in [1.165, 1.54) is 30.3 Å². The minimum Gasteiger partial charge on any atom is -0.423 e. The molecule has 0 aliphatic carbocycles. The van der Waals surface area contributed by atoms with Crippen molar-refractivity contribution in [3.63, 3.8) is 0 Å². The molecule has 32 heavy (non-hydrogen) atoms. The molecule has 1 aliphatic rings. The molecule has 4 rings (SSSR count). The smallest absolute Gasteiger partial charge is 0.363 e. The Balaban J connectivity index is 1.47. The number of non-ortho nitro benzene ring substituents is 1. The summed E-state index contributed by atoms with van der Waals surface area (Å²) < 4.78 is 10.5. The van der Waals surface area contributed by atoms with Gasteiger partial charge in [-0.3, -0.25) is 10.1 Å². The topological polar surface area (TPSA) is 108 Å². The van der Waals surface area contributed by atoms with Gasteiger partial charge in [-0.2, -0.15) is 0 Å². The summed E-state index contributed by atoms with van der Waals surface area (Å²) in [5.74, 6) is -0.863. The molecule has 0 saturated heterocycles. The molecule has 3 aromatic carbocycles. The molecule has 0 N–H and O–H groups in total. The largest absolute Gasteiger partial charge is 0.423 e. The zero-order valence-corrected chi connectivity index (χ0v) is 17.0. The maximum atomic E-state index is 12.2. The zero-order valence-electron chi connectivity index (χ0n) is 16.2. The number of rotatable bonds is 5. The number of nitro benzene ring substituents is 1. The van der Waals surface area contributed by atoms with Crippen LogP contribution in [-0.2, 0) is 9.53 Å². The highest BCUT2D eigenvalue weighted by atomic mass is 35.5. The van der Waals surface area contributed by atoms with Gasteiger partial charge in [0.1, 0.15) is 5.75 Å². The fourth-order valence-electron chi connectivity index (χ4n) is 2.83. The third-order valence-corrected chi connectivity index (χ3v) is 4.76. The van der Waals surface area contributed by atoms with Crippen LogP contribution in [0, 0.1) is 10.1 Å². The Morgan fingerprint density at radius 1 is 1.03 bits per heavy atom. The molecule has 0 unspecified atom stereocenters. The summed E-state index contributed by atoms with van der Waals surface area (Å²) in [6, 6.07) is 18.4. The van der Waals surface area contributed by atoms with E-state index < -0.39 is 16.9 Å². The van der Waals surface area contributed by atoms with Crippen LogP contribution in [0.5, 0.6) is 5.75 Å². The van der Waals surface area contributed by atoms with Crippen molar-refractivity contribution in [2.45, 2.75) is 0 Å². The molecule has 1 aliphatic heterocycles. The Labute approximate surface area is 186 Å². The summed E-state index contributed by atoms with van der Waals surface area (Å²) in [6.45, 7) is 0. The number of halogens is 1. The standard InChI is InChI=1S/C23H13ClN2O6/c24-19-4-2-1-3-18(19)21-25-20(23(28)32-21)13-14-5-11-17(12-6-14)31-22(27)15-7-9-16(10-8-15)26(29)30/h1-13H. The summed E-state index contributed by atoms with van der Waals surface area (Å²) in [6.07, 6.45) is 1.54. The lowest BCUT2D eigenvalue weighted by Gasteiger charge is -2.04. The van der Waals surface area contributed by atoms with Crippen LogP contribution in [0.25, 0.3) is 6.08 Å². The molecule has 1 heterocycles. The number of carbonyl (C=O) groups excluding carboxylic acids is 2. The van der Waals surface area contributed by atoms with Crippen molar-refractivity contribution in [2.24, 2.45) is 4.99 Å². The Bertz CT molecular complexity index is 1280. The summed E-state index contributed by atoms with van der Waals surface area (Å²) in [5, 5.41) is 11.1. The van der Waals surface area contributed by atoms with Gasteiger partial charge in [-0.1, -0.05) is 35.9 Å². The molecule has 8 nitrogen and oxygen atoms in total. The number of nitrogens with zero attached hydrogens (tertiary/aromatic N) is 2. The van der Waals surface area contributed by atoms with E-state index in [-0.39, 0.29) is 28.6 Å². The van der Waals surface area contributed by atoms with Crippen LogP contribution in [0.15, 0.2) is 83.5 Å². The highest BCUT2D eigenvalue weighted by Crippen LogP contribution is 2.24. The molecule has 0 radical (unpaired) electrons. The molecule has 0 spiro atoms. The number of hydrogen-bond donors (Lipinski definition) is 0. The Hall–Kier alpha value is -4.30. The van der Waals surface area contributed by atoms with E-state index in [1.807, 2.05) is 0 Å². The second-order valence-corrected chi connectivity index (χ2v) is 6.99. The van der Waals surface area contributed by atoms with Crippen molar-refractivity contribution >= 4 is 41.2 Å². The Morgan fingerprint density at radius 3 is 2.38 bits per heavy atom. The van der Waals surface area contributed by atoms with Crippen molar-refractivity contribution in [1.29, 1.82) is 0 Å². The fraction of sp³-hybridized carbons (Fsp3) is 0. The normalized spacial score (nSPS) is 14.1. The molecular weight excluding hydrogens is 436 g/mol. The van der Waals surface area contributed by atoms with Gasteiger partial charge in [-0.25, -0.2) is 14.6 Å². The number of hydrogen-bond acceptors (Lipinski definition) is 7. The van der Waals surface area contributed by atoms with Crippen molar-refractivity contribution in [1.82, 2.24) is 0 Å². The van der Waals surface area contributed by atoms with Crippen LogP contribution in [0.4, 0.5) is 5.69 Å². The number of esters is 2. The average Bonchev–Trinajstić information content (AvgIpc) is 3.15. The third-order valence-electron chi connectivity index (χ3n) is 4.43. The molecule has 0 amide bonds. The van der Waals surface area contributed by atoms with E-state index in [4.69, 9.17) is 21.1 Å². The second kappa shape index (κ2) is 8.83. The van der Waals surface area contributed by atoms with E-state index >= 15 is 0 Å². The first-order valence-corrected chi connectivity index (χ1v) is 9.63. The van der Waals surface area contributed by atoms with Gasteiger partial charge in [0, 0.05) is 12.1 Å². The van der Waals surface area contributed by atoms with Gasteiger partial charge in [0.15, 0.2) is 5.70 Å². The number of ether oxygens (including phenoxy) is 2. The van der Waals surface area contributed by atoms with Crippen LogP contribution in [0.2, 0.25) is 5.02 Å². The molecule has 0 saturated carbocycles. The van der Waals surface area contributed by atoms with Crippen molar-refractivity contribution in [2.75, 3.05) is 0 Å². The molecule has 3 aromatic rings. The zero-order chi connectivity index (χ0) is 22.7. The number of benzene rings is 3. The third kappa shape index (κ3) is 4.55. The number of nitro groups is 1. The quantitative estimate of drug-likeness (QED) is 0.182. The lowest BCUT2D eigenvalue weighted by molar-refractivity contribution is -0.384. The molecule has 0 bridgehead atoms. The molecule has 158 valence electrons. The molecule has 0 aromatic heterocycles. The molecule has 0 atom stereocenters. The lowest BCUT2D eigenvalue weighted by Crippen LogP contribution is -2.08. The van der Waals surface area contributed by atoms with Gasteiger partial charge in [-0.05, 0) is 48.0 Å². The van der Waals surface area contributed by atoms with Crippen LogP contribution in [-0.4, -0.2) is 22.8 Å². The van der Waals surface area contributed by atoms with E-state index in [1.54, 1.807) is 48.5 Å². The van der Waals surface area contributed by atoms with Gasteiger partial charge in [0.05, 0.1) is 21.1 Å². The highest BCUT2D eigenvalue weighted by Gasteiger charge is 2.25. The van der Waals surface area contributed by atoms with E-state index in [9.17, 15) is 19.7 Å². The summed E-state index contributed by atoms with van der Waals surface area (Å²) >= 11 is 6.12. The summed E-state index contributed by atoms with van der Waals surface area (Å²) in [4.78, 5) is 38.7. The average molecular weight is 449 g/mol. The Kier molecular flexibility index (Phi) is 5.78. The van der Waals surface area contributed by atoms with Crippen molar-refractivity contribution < 1.29 is 24.0 Å². The monoisotopic (exact) mass is 448 g/mol. The SMILES string of the molecule is O=C1OC(c2ccccc2Cl)=NC1=Cc1ccc(OC(=O)c2ccc([N+](=O)[O-])cc2)cc1. The lowest BCUT2D eigenvalue weighted by atomic mass is 10.2. The summed E-state index contributed by atoms with van der Waals surface area (Å²) in [7, 11) is 0. The number of aliphatic imine (C=N–C) groups is 1. The predicted molar refractivity (Wildman–Crippen MR) is 117 cm³/mol. The first-order valence-electron chi connectivity index (χ1n) is 9.25. The van der Waals surface area contributed by atoms with Crippen LogP contribution in [0.1, 0.15) is 21.5 Å². The van der Waals surface area contributed by atoms with Gasteiger partial charge >= 0.3 is 11.9 Å². The van der Waals surface area contributed by atoms with E-state index in [0.717, 1.165) is 0 Å². The van der Waals surface area contributed by atoms with Gasteiger partial charge in [-0.15, -0.1) is 0 Å². The van der Waals surface area contributed by atoms with Crippen molar-refractivity contribution in [3.8, 4) is 5.75 Å². The maximum Gasteiger partial charge on any atom is 0.363 e. The minimum absolute atomic E-state index is 0.107. The molecule has 9 heteroatoms. The number of carbonyl (C=O) groups is 2. The Morgan fingerprint density at radius 2 is 1.72 bits per heavy atom. The van der Waals surface area contributed by atoms with Gasteiger partial charge in [0.2, 0.25) is 5.90 Å². The molecule has 0 fully saturated rings. The minimum atomic E-state index is -0.653. The fourth-order valence-corrected chi connectivity index (χ4v) is 3.05. The summed E-state index contributed by atoms with van der Waals surface area (Å²) in [5.41, 5.74) is 1.31. The van der Waals surface area contributed by atoms with Crippen LogP contribution >= 0.6 is 11.6 Å². The predicted octanol–water partition coefficient (Wildman–Crippen LogP) is 4.81. The molecular formula is C23H13ClN2O6. The maximum absolute atomic E-state index is 12.2. The van der Waals surface area contributed by atoms with E-state index in [0.29, 0.717) is 16.1 Å². The van der Waals surface area contributed by atoms with Crippen LogP contribution < -0.4 is 4.74 Å². The van der Waals surface area contributed by atoms with Crippen LogP contribution in [0.3, 0.4) is 0 Å². The first-order chi connectivity index (χ1) is 15.4. The van der Waals surface area contributed by atoms with Gasteiger partial charge in [0.25, 0.3) is 5.69 Å². The van der Waals surface area contributed by atoms with Gasteiger partial charge < -0.3 is 9.47 Å². The second-order valence-electron chi connectivity index (χ2n) is 6.58. The first kappa shape index (κ1) is 21.0. The van der Waals surface area contributed by atoms with E-state index in [2.05, 4.69) is 4.99 Å².